The highest BCUT2D eigenvalue weighted by Gasteiger charge is 2.18. The third-order valence-electron chi connectivity index (χ3n) is 3.55. The SMILES string of the molecule is CCCCOCCOCCOCCNC1CCOC(C)C1. The van der Waals surface area contributed by atoms with Crippen molar-refractivity contribution in [3.8, 4) is 0 Å². The van der Waals surface area contributed by atoms with Gasteiger partial charge in [-0.25, -0.2) is 0 Å². The van der Waals surface area contributed by atoms with Crippen LogP contribution in [0.3, 0.4) is 0 Å². The molecule has 0 bridgehead atoms. The van der Waals surface area contributed by atoms with Crippen molar-refractivity contribution in [2.24, 2.45) is 0 Å². The largest absolute Gasteiger partial charge is 0.379 e. The molecule has 1 rings (SSSR count). The molecular formula is C16H33NO4. The molecule has 0 spiro atoms. The van der Waals surface area contributed by atoms with Crippen LogP contribution in [0, 0.1) is 0 Å². The van der Waals surface area contributed by atoms with Gasteiger partial charge in [-0.15, -0.1) is 0 Å². The van der Waals surface area contributed by atoms with Crippen LogP contribution in [0.2, 0.25) is 0 Å². The van der Waals surface area contributed by atoms with E-state index in [1.807, 2.05) is 0 Å². The molecule has 1 aliphatic heterocycles. The van der Waals surface area contributed by atoms with Gasteiger partial charge in [0.15, 0.2) is 0 Å². The molecule has 0 aromatic heterocycles. The fourth-order valence-corrected chi connectivity index (χ4v) is 2.31. The lowest BCUT2D eigenvalue weighted by Gasteiger charge is -2.28. The number of ether oxygens (including phenoxy) is 4. The Morgan fingerprint density at radius 1 is 1.00 bits per heavy atom. The van der Waals surface area contributed by atoms with Gasteiger partial charge in [0.1, 0.15) is 0 Å². The number of unbranched alkanes of at least 4 members (excludes halogenated alkanes) is 1. The molecule has 5 heteroatoms. The van der Waals surface area contributed by atoms with Crippen molar-refractivity contribution < 1.29 is 18.9 Å². The van der Waals surface area contributed by atoms with E-state index in [-0.39, 0.29) is 0 Å². The Hall–Kier alpha value is -0.200. The van der Waals surface area contributed by atoms with Gasteiger partial charge in [-0.3, -0.25) is 0 Å². The lowest BCUT2D eigenvalue weighted by atomic mass is 10.0. The van der Waals surface area contributed by atoms with Crippen LogP contribution < -0.4 is 5.32 Å². The fourth-order valence-electron chi connectivity index (χ4n) is 2.31. The summed E-state index contributed by atoms with van der Waals surface area (Å²) in [4.78, 5) is 0. The smallest absolute Gasteiger partial charge is 0.0701 e. The predicted molar refractivity (Wildman–Crippen MR) is 83.8 cm³/mol. The van der Waals surface area contributed by atoms with Gasteiger partial charge in [-0.1, -0.05) is 13.3 Å². The van der Waals surface area contributed by atoms with E-state index < -0.39 is 0 Å². The van der Waals surface area contributed by atoms with E-state index in [0.29, 0.717) is 38.6 Å². The number of rotatable bonds is 13. The third-order valence-corrected chi connectivity index (χ3v) is 3.55. The molecule has 0 saturated carbocycles. The van der Waals surface area contributed by atoms with E-state index in [2.05, 4.69) is 19.2 Å². The lowest BCUT2D eigenvalue weighted by molar-refractivity contribution is 0.00576. The van der Waals surface area contributed by atoms with Crippen molar-refractivity contribution in [1.29, 1.82) is 0 Å². The second kappa shape index (κ2) is 13.5. The van der Waals surface area contributed by atoms with E-state index in [1.165, 1.54) is 6.42 Å². The van der Waals surface area contributed by atoms with E-state index in [9.17, 15) is 0 Å². The van der Waals surface area contributed by atoms with Crippen molar-refractivity contribution in [3.05, 3.63) is 0 Å². The second-order valence-electron chi connectivity index (χ2n) is 5.55. The summed E-state index contributed by atoms with van der Waals surface area (Å²) in [5, 5.41) is 3.52. The minimum absolute atomic E-state index is 0.380. The summed E-state index contributed by atoms with van der Waals surface area (Å²) >= 11 is 0. The Kier molecular flexibility index (Phi) is 12.1. The maximum atomic E-state index is 5.54. The first kappa shape index (κ1) is 18.8. The van der Waals surface area contributed by atoms with Crippen LogP contribution in [-0.2, 0) is 18.9 Å². The van der Waals surface area contributed by atoms with Gasteiger partial charge >= 0.3 is 0 Å². The molecule has 1 fully saturated rings. The highest BCUT2D eigenvalue weighted by molar-refractivity contribution is 4.74. The molecule has 0 aromatic carbocycles. The highest BCUT2D eigenvalue weighted by atomic mass is 16.5. The molecule has 0 aliphatic carbocycles. The first-order valence-electron chi connectivity index (χ1n) is 8.41. The molecule has 1 heterocycles. The molecule has 0 amide bonds. The van der Waals surface area contributed by atoms with Crippen LogP contribution >= 0.6 is 0 Å². The number of hydrogen-bond acceptors (Lipinski definition) is 5. The van der Waals surface area contributed by atoms with Crippen LogP contribution in [0.25, 0.3) is 0 Å². The molecule has 2 unspecified atom stereocenters. The zero-order valence-corrected chi connectivity index (χ0v) is 13.8. The molecule has 1 aliphatic rings. The zero-order valence-electron chi connectivity index (χ0n) is 13.8. The maximum absolute atomic E-state index is 5.54. The summed E-state index contributed by atoms with van der Waals surface area (Å²) < 4.78 is 21.9. The summed E-state index contributed by atoms with van der Waals surface area (Å²) in [6.45, 7) is 10.3. The van der Waals surface area contributed by atoms with Crippen molar-refractivity contribution >= 4 is 0 Å². The first-order valence-corrected chi connectivity index (χ1v) is 8.41. The molecule has 2 atom stereocenters. The quantitative estimate of drug-likeness (QED) is 0.527. The van der Waals surface area contributed by atoms with Gasteiger partial charge < -0.3 is 24.3 Å². The summed E-state index contributed by atoms with van der Waals surface area (Å²) in [5.41, 5.74) is 0. The van der Waals surface area contributed by atoms with Gasteiger partial charge in [0.25, 0.3) is 0 Å². The topological polar surface area (TPSA) is 49.0 Å². The molecule has 0 aromatic rings. The average Bonchev–Trinajstić information content (AvgIpc) is 2.48. The minimum atomic E-state index is 0.380. The molecule has 1 saturated heterocycles. The summed E-state index contributed by atoms with van der Waals surface area (Å²) in [5.74, 6) is 0. The Morgan fingerprint density at radius 3 is 2.33 bits per heavy atom. The fraction of sp³-hybridized carbons (Fsp3) is 1.00. The molecule has 5 nitrogen and oxygen atoms in total. The standard InChI is InChI=1S/C16H33NO4/c1-3-4-7-18-10-12-20-13-11-19-9-6-17-16-5-8-21-15(2)14-16/h15-17H,3-14H2,1-2H3. The van der Waals surface area contributed by atoms with Crippen LogP contribution in [-0.4, -0.2) is 64.9 Å². The maximum Gasteiger partial charge on any atom is 0.0701 e. The Labute approximate surface area is 129 Å². The summed E-state index contributed by atoms with van der Waals surface area (Å²) in [7, 11) is 0. The van der Waals surface area contributed by atoms with Gasteiger partial charge in [0.05, 0.1) is 39.1 Å². The van der Waals surface area contributed by atoms with Crippen molar-refractivity contribution in [3.63, 3.8) is 0 Å². The predicted octanol–water partition coefficient (Wildman–Crippen LogP) is 1.99. The van der Waals surface area contributed by atoms with Gasteiger partial charge in [0, 0.05) is 25.8 Å². The molecule has 0 radical (unpaired) electrons. The second-order valence-corrected chi connectivity index (χ2v) is 5.55. The lowest BCUT2D eigenvalue weighted by Crippen LogP contribution is -2.39. The monoisotopic (exact) mass is 303 g/mol. The Bertz CT molecular complexity index is 228. The van der Waals surface area contributed by atoms with Crippen LogP contribution in [0.15, 0.2) is 0 Å². The van der Waals surface area contributed by atoms with Crippen molar-refractivity contribution in [1.82, 2.24) is 5.32 Å². The van der Waals surface area contributed by atoms with Crippen LogP contribution in [0.1, 0.15) is 39.5 Å². The Morgan fingerprint density at radius 2 is 1.67 bits per heavy atom. The third kappa shape index (κ3) is 11.1. The summed E-state index contributed by atoms with van der Waals surface area (Å²) in [6, 6.07) is 0.578. The molecule has 21 heavy (non-hydrogen) atoms. The minimum Gasteiger partial charge on any atom is -0.379 e. The van der Waals surface area contributed by atoms with Crippen LogP contribution in [0.5, 0.6) is 0 Å². The van der Waals surface area contributed by atoms with E-state index >= 15 is 0 Å². The molecule has 126 valence electrons. The molecular weight excluding hydrogens is 270 g/mol. The van der Waals surface area contributed by atoms with Crippen LogP contribution in [0.4, 0.5) is 0 Å². The van der Waals surface area contributed by atoms with Gasteiger partial charge in [-0.2, -0.15) is 0 Å². The van der Waals surface area contributed by atoms with Crippen molar-refractivity contribution in [2.75, 3.05) is 52.8 Å². The van der Waals surface area contributed by atoms with Gasteiger partial charge in [0.2, 0.25) is 0 Å². The highest BCUT2D eigenvalue weighted by Crippen LogP contribution is 2.12. The Balaban J connectivity index is 1.74. The number of hydrogen-bond donors (Lipinski definition) is 1. The zero-order chi connectivity index (χ0) is 15.2. The van der Waals surface area contributed by atoms with E-state index in [4.69, 9.17) is 18.9 Å². The van der Waals surface area contributed by atoms with E-state index in [0.717, 1.165) is 45.6 Å². The molecule has 1 N–H and O–H groups in total. The average molecular weight is 303 g/mol. The summed E-state index contributed by atoms with van der Waals surface area (Å²) in [6.07, 6.45) is 4.88. The first-order chi connectivity index (χ1) is 10.3. The van der Waals surface area contributed by atoms with Crippen molar-refractivity contribution in [2.45, 2.75) is 51.7 Å². The number of nitrogens with one attached hydrogen (secondary N) is 1. The van der Waals surface area contributed by atoms with Gasteiger partial charge in [-0.05, 0) is 26.2 Å². The van der Waals surface area contributed by atoms with E-state index in [1.54, 1.807) is 0 Å². The normalized spacial score (nSPS) is 22.6.